The van der Waals surface area contributed by atoms with Crippen LogP contribution in [0.4, 0.5) is 0 Å². The van der Waals surface area contributed by atoms with Gasteiger partial charge in [-0.15, -0.1) is 0 Å². The van der Waals surface area contributed by atoms with Crippen molar-refractivity contribution in [2.45, 2.75) is 19.3 Å². The minimum Gasteiger partial charge on any atom is -0.381 e. The number of aromatic nitrogens is 2. The lowest BCUT2D eigenvalue weighted by Crippen LogP contribution is -2.07. The molecule has 1 atom stereocenters. The third-order valence-electron chi connectivity index (χ3n) is 2.31. The van der Waals surface area contributed by atoms with Crippen LogP contribution in [0, 0.1) is 6.92 Å². The van der Waals surface area contributed by atoms with Gasteiger partial charge in [0, 0.05) is 18.2 Å². The van der Waals surface area contributed by atoms with Crippen LogP contribution in [0.5, 0.6) is 0 Å². The van der Waals surface area contributed by atoms with Gasteiger partial charge in [-0.25, -0.2) is 9.97 Å². The van der Waals surface area contributed by atoms with Crippen molar-refractivity contribution >= 4 is 6.29 Å². The molecule has 0 amide bonds. The highest BCUT2D eigenvalue weighted by atomic mass is 16.5. The van der Waals surface area contributed by atoms with Crippen LogP contribution >= 0.6 is 0 Å². The Morgan fingerprint density at radius 2 is 2.43 bits per heavy atom. The summed E-state index contributed by atoms with van der Waals surface area (Å²) in [5, 5.41) is 0. The number of hydrogen-bond acceptors (Lipinski definition) is 4. The normalized spacial score (nSPS) is 21.1. The summed E-state index contributed by atoms with van der Waals surface area (Å²) in [6.45, 7) is 3.30. The first-order valence-corrected chi connectivity index (χ1v) is 4.68. The second-order valence-corrected chi connectivity index (χ2v) is 3.47. The van der Waals surface area contributed by atoms with E-state index in [1.165, 1.54) is 0 Å². The zero-order chi connectivity index (χ0) is 9.97. The van der Waals surface area contributed by atoms with E-state index >= 15 is 0 Å². The Labute approximate surface area is 82.3 Å². The average molecular weight is 192 g/mol. The topological polar surface area (TPSA) is 52.1 Å². The molecule has 0 N–H and O–H groups in total. The minimum atomic E-state index is 0.258. The molecule has 4 nitrogen and oxygen atoms in total. The number of carbonyl (C=O) groups excluding carboxylic acids is 1. The van der Waals surface area contributed by atoms with E-state index in [4.69, 9.17) is 4.74 Å². The molecule has 74 valence electrons. The fraction of sp³-hybridized carbons (Fsp3) is 0.500. The molecular weight excluding hydrogens is 180 g/mol. The quantitative estimate of drug-likeness (QED) is 0.658. The average Bonchev–Trinajstić information content (AvgIpc) is 2.69. The Morgan fingerprint density at radius 3 is 3.07 bits per heavy atom. The highest BCUT2D eigenvalue weighted by molar-refractivity contribution is 5.71. The van der Waals surface area contributed by atoms with Gasteiger partial charge in [-0.05, 0) is 19.4 Å². The third kappa shape index (κ3) is 1.80. The van der Waals surface area contributed by atoms with E-state index in [2.05, 4.69) is 9.97 Å². The molecule has 0 aliphatic carbocycles. The Morgan fingerprint density at radius 1 is 1.57 bits per heavy atom. The lowest BCUT2D eigenvalue weighted by Gasteiger charge is -2.06. The molecule has 14 heavy (non-hydrogen) atoms. The van der Waals surface area contributed by atoms with Gasteiger partial charge in [0.1, 0.15) is 11.5 Å². The van der Waals surface area contributed by atoms with Crippen molar-refractivity contribution in [2.75, 3.05) is 13.2 Å². The lowest BCUT2D eigenvalue weighted by molar-refractivity contribution is 0.111. The second kappa shape index (κ2) is 3.84. The number of carbonyl (C=O) groups is 1. The highest BCUT2D eigenvalue weighted by Crippen LogP contribution is 2.22. The number of ether oxygens (including phenoxy) is 1. The summed E-state index contributed by atoms with van der Waals surface area (Å²) in [6.07, 6.45) is 1.70. The van der Waals surface area contributed by atoms with Crippen molar-refractivity contribution in [1.29, 1.82) is 0 Å². The fourth-order valence-corrected chi connectivity index (χ4v) is 1.60. The van der Waals surface area contributed by atoms with Gasteiger partial charge in [0.2, 0.25) is 0 Å². The van der Waals surface area contributed by atoms with Crippen molar-refractivity contribution in [3.63, 3.8) is 0 Å². The molecular formula is C10H12N2O2. The van der Waals surface area contributed by atoms with Gasteiger partial charge in [-0.2, -0.15) is 0 Å². The fourth-order valence-electron chi connectivity index (χ4n) is 1.60. The van der Waals surface area contributed by atoms with E-state index in [0.717, 1.165) is 30.8 Å². The van der Waals surface area contributed by atoms with Crippen molar-refractivity contribution in [3.8, 4) is 0 Å². The van der Waals surface area contributed by atoms with Crippen LogP contribution in [0.25, 0.3) is 0 Å². The molecule has 0 saturated carbocycles. The molecule has 0 aromatic carbocycles. The molecule has 1 unspecified atom stereocenters. The lowest BCUT2D eigenvalue weighted by atomic mass is 10.1. The van der Waals surface area contributed by atoms with Crippen LogP contribution in [-0.2, 0) is 4.74 Å². The summed E-state index contributed by atoms with van der Waals surface area (Å²) in [7, 11) is 0. The molecule has 0 bridgehead atoms. The predicted octanol–water partition coefficient (Wildman–Crippen LogP) is 1.10. The van der Waals surface area contributed by atoms with E-state index in [1.807, 2.05) is 6.92 Å². The summed E-state index contributed by atoms with van der Waals surface area (Å²) in [5.74, 6) is 0.998. The van der Waals surface area contributed by atoms with Crippen LogP contribution in [0.15, 0.2) is 6.07 Å². The number of nitrogens with zero attached hydrogens (tertiary/aromatic N) is 2. The van der Waals surface area contributed by atoms with Gasteiger partial charge < -0.3 is 4.74 Å². The van der Waals surface area contributed by atoms with Crippen molar-refractivity contribution in [3.05, 3.63) is 23.3 Å². The molecule has 0 radical (unpaired) electrons. The van der Waals surface area contributed by atoms with Crippen molar-refractivity contribution < 1.29 is 9.53 Å². The van der Waals surface area contributed by atoms with E-state index in [-0.39, 0.29) is 5.92 Å². The Kier molecular flexibility index (Phi) is 2.54. The summed E-state index contributed by atoms with van der Waals surface area (Å²) in [5.41, 5.74) is 1.29. The maximum absolute atomic E-state index is 10.6. The van der Waals surface area contributed by atoms with Gasteiger partial charge >= 0.3 is 0 Å². The first-order chi connectivity index (χ1) is 6.79. The number of hydrogen-bond donors (Lipinski definition) is 0. The van der Waals surface area contributed by atoms with Crippen LogP contribution < -0.4 is 0 Å². The summed E-state index contributed by atoms with van der Waals surface area (Å²) in [6, 6.07) is 1.69. The summed E-state index contributed by atoms with van der Waals surface area (Å²) < 4.78 is 5.26. The maximum atomic E-state index is 10.6. The molecule has 1 aliphatic rings. The van der Waals surface area contributed by atoms with Gasteiger partial charge in [0.25, 0.3) is 0 Å². The zero-order valence-corrected chi connectivity index (χ0v) is 8.06. The minimum absolute atomic E-state index is 0.258. The summed E-state index contributed by atoms with van der Waals surface area (Å²) in [4.78, 5) is 19.1. The third-order valence-corrected chi connectivity index (χ3v) is 2.31. The zero-order valence-electron chi connectivity index (χ0n) is 8.06. The second-order valence-electron chi connectivity index (χ2n) is 3.47. The molecule has 1 fully saturated rings. The van der Waals surface area contributed by atoms with Crippen molar-refractivity contribution in [2.24, 2.45) is 0 Å². The standard InChI is InChI=1S/C10H12N2O2/c1-7-4-9(5-13)12-10(11-7)8-2-3-14-6-8/h4-5,8H,2-3,6H2,1H3. The first-order valence-electron chi connectivity index (χ1n) is 4.68. The highest BCUT2D eigenvalue weighted by Gasteiger charge is 2.20. The molecule has 1 aromatic heterocycles. The first kappa shape index (κ1) is 9.27. The molecule has 1 saturated heterocycles. The smallest absolute Gasteiger partial charge is 0.168 e. The number of aryl methyl sites for hydroxylation is 1. The Bertz CT molecular complexity index is 346. The monoisotopic (exact) mass is 192 g/mol. The Hall–Kier alpha value is -1.29. The molecule has 1 aromatic rings. The van der Waals surface area contributed by atoms with Crippen LogP contribution in [0.1, 0.15) is 34.3 Å². The maximum Gasteiger partial charge on any atom is 0.168 e. The Balaban J connectivity index is 2.31. The van der Waals surface area contributed by atoms with Crippen molar-refractivity contribution in [1.82, 2.24) is 9.97 Å². The number of rotatable bonds is 2. The van der Waals surface area contributed by atoms with Gasteiger partial charge in [-0.3, -0.25) is 4.79 Å². The number of aldehydes is 1. The SMILES string of the molecule is Cc1cc(C=O)nc(C2CCOC2)n1. The van der Waals surface area contributed by atoms with Crippen LogP contribution in [0.2, 0.25) is 0 Å². The molecule has 2 heterocycles. The van der Waals surface area contributed by atoms with Gasteiger partial charge in [0.15, 0.2) is 6.29 Å². The molecule has 1 aliphatic heterocycles. The summed E-state index contributed by atoms with van der Waals surface area (Å²) >= 11 is 0. The van der Waals surface area contributed by atoms with Gasteiger partial charge in [-0.1, -0.05) is 0 Å². The molecule has 0 spiro atoms. The van der Waals surface area contributed by atoms with E-state index in [0.29, 0.717) is 12.3 Å². The predicted molar refractivity (Wildman–Crippen MR) is 50.3 cm³/mol. The van der Waals surface area contributed by atoms with Crippen LogP contribution in [0.3, 0.4) is 0 Å². The van der Waals surface area contributed by atoms with E-state index in [1.54, 1.807) is 6.07 Å². The van der Waals surface area contributed by atoms with E-state index < -0.39 is 0 Å². The van der Waals surface area contributed by atoms with Gasteiger partial charge in [0.05, 0.1) is 6.61 Å². The largest absolute Gasteiger partial charge is 0.381 e. The molecule has 2 rings (SSSR count). The van der Waals surface area contributed by atoms with Crippen LogP contribution in [-0.4, -0.2) is 29.5 Å². The van der Waals surface area contributed by atoms with E-state index in [9.17, 15) is 4.79 Å². The molecule has 4 heteroatoms.